The monoisotopic (exact) mass is 591 g/mol. The quantitative estimate of drug-likeness (QED) is 0.0932. The number of aromatic amines is 1. The molecule has 2 aromatic heterocycles. The minimum absolute atomic E-state index is 0.0606. The number of fused-ring (bicyclic) bond motifs is 1. The highest BCUT2D eigenvalue weighted by Gasteiger charge is 2.22. The summed E-state index contributed by atoms with van der Waals surface area (Å²) in [5.41, 5.74) is 5.20. The van der Waals surface area contributed by atoms with Gasteiger partial charge in [0.15, 0.2) is 0 Å². The number of carbonyl (C=O) groups excluding carboxylic acids is 2. The molecule has 0 bridgehead atoms. The Bertz CT molecular complexity index is 1680. The summed E-state index contributed by atoms with van der Waals surface area (Å²) in [6.07, 6.45) is 2.76. The van der Waals surface area contributed by atoms with Crippen molar-refractivity contribution in [3.05, 3.63) is 106 Å². The molecule has 2 heterocycles. The molecule has 0 aliphatic rings. The van der Waals surface area contributed by atoms with Gasteiger partial charge in [0.2, 0.25) is 5.76 Å². The first-order valence-electron chi connectivity index (χ1n) is 11.3. The van der Waals surface area contributed by atoms with Crippen molar-refractivity contribution in [2.24, 2.45) is 5.10 Å². The number of nitrogens with zero attached hydrogens (tertiary/aromatic N) is 1. The Labute approximate surface area is 230 Å². The molecule has 5 rings (SSSR count). The third-order valence-electron chi connectivity index (χ3n) is 5.65. The number of amides is 1. The number of hydrogen-bond acceptors (Lipinski definition) is 6. The van der Waals surface area contributed by atoms with Crippen LogP contribution < -0.4 is 14.9 Å². The van der Waals surface area contributed by atoms with E-state index >= 15 is 0 Å². The van der Waals surface area contributed by atoms with Gasteiger partial charge in [0.05, 0.1) is 25.1 Å². The predicted octanol–water partition coefficient (Wildman–Crippen LogP) is 6.84. The number of ether oxygens (including phenoxy) is 2. The molecule has 0 aliphatic carbocycles. The van der Waals surface area contributed by atoms with Crippen molar-refractivity contribution in [1.29, 1.82) is 0 Å². The SMILES string of the molecule is COc1cccc2c(-c3ccccc3Cl)c(C(=O)NN=Cc3cc(Br)ccc3OC(=O)c3ccco3)[nH]c12. The molecule has 1 amide bonds. The van der Waals surface area contributed by atoms with E-state index in [0.717, 1.165) is 9.86 Å². The van der Waals surface area contributed by atoms with Gasteiger partial charge in [0, 0.05) is 31.6 Å². The van der Waals surface area contributed by atoms with Gasteiger partial charge < -0.3 is 18.9 Å². The zero-order chi connectivity index (χ0) is 26.6. The summed E-state index contributed by atoms with van der Waals surface area (Å²) < 4.78 is 16.8. The Kier molecular flexibility index (Phi) is 7.30. The number of hydrazone groups is 1. The van der Waals surface area contributed by atoms with Crippen molar-refractivity contribution < 1.29 is 23.5 Å². The van der Waals surface area contributed by atoms with E-state index in [1.807, 2.05) is 30.3 Å². The fourth-order valence-electron chi connectivity index (χ4n) is 3.95. The maximum absolute atomic E-state index is 13.3. The van der Waals surface area contributed by atoms with Crippen LogP contribution in [0.3, 0.4) is 0 Å². The third kappa shape index (κ3) is 5.06. The van der Waals surface area contributed by atoms with E-state index < -0.39 is 11.9 Å². The lowest BCUT2D eigenvalue weighted by atomic mass is 10.0. The molecule has 0 aliphatic heterocycles. The molecule has 10 heteroatoms. The Morgan fingerprint density at radius 2 is 1.89 bits per heavy atom. The van der Waals surface area contributed by atoms with Gasteiger partial charge in [0.25, 0.3) is 5.91 Å². The molecule has 2 N–H and O–H groups in total. The maximum Gasteiger partial charge on any atom is 0.379 e. The number of nitrogens with one attached hydrogen (secondary N) is 2. The number of para-hydroxylation sites is 1. The van der Waals surface area contributed by atoms with Crippen molar-refractivity contribution in [3.63, 3.8) is 0 Å². The van der Waals surface area contributed by atoms with Crippen LogP contribution >= 0.6 is 27.5 Å². The van der Waals surface area contributed by atoms with E-state index in [9.17, 15) is 9.59 Å². The van der Waals surface area contributed by atoms with Crippen LogP contribution in [0, 0.1) is 0 Å². The second kappa shape index (κ2) is 11.0. The van der Waals surface area contributed by atoms with Crippen LogP contribution in [-0.4, -0.2) is 30.2 Å². The zero-order valence-electron chi connectivity index (χ0n) is 19.8. The molecule has 190 valence electrons. The summed E-state index contributed by atoms with van der Waals surface area (Å²) in [6.45, 7) is 0. The number of H-pyrrole nitrogens is 1. The van der Waals surface area contributed by atoms with Gasteiger partial charge in [-0.2, -0.15) is 5.10 Å². The van der Waals surface area contributed by atoms with Crippen LogP contribution in [-0.2, 0) is 0 Å². The number of aromatic nitrogens is 1. The first-order valence-corrected chi connectivity index (χ1v) is 12.5. The van der Waals surface area contributed by atoms with Crippen LogP contribution in [0.4, 0.5) is 0 Å². The summed E-state index contributed by atoms with van der Waals surface area (Å²) in [7, 11) is 1.56. The van der Waals surface area contributed by atoms with Crippen molar-refractivity contribution in [1.82, 2.24) is 10.4 Å². The van der Waals surface area contributed by atoms with E-state index in [1.165, 1.54) is 18.5 Å². The van der Waals surface area contributed by atoms with Crippen LogP contribution in [0.1, 0.15) is 26.6 Å². The van der Waals surface area contributed by atoms with Gasteiger partial charge >= 0.3 is 5.97 Å². The van der Waals surface area contributed by atoms with E-state index in [1.54, 1.807) is 43.5 Å². The predicted molar refractivity (Wildman–Crippen MR) is 148 cm³/mol. The number of furan rings is 1. The number of esters is 1. The molecule has 38 heavy (non-hydrogen) atoms. The lowest BCUT2D eigenvalue weighted by Crippen LogP contribution is -2.19. The molecule has 8 nitrogen and oxygen atoms in total. The zero-order valence-corrected chi connectivity index (χ0v) is 22.2. The lowest BCUT2D eigenvalue weighted by molar-refractivity contribution is 0.0700. The number of rotatable bonds is 7. The third-order valence-corrected chi connectivity index (χ3v) is 6.48. The number of benzene rings is 3. The summed E-state index contributed by atoms with van der Waals surface area (Å²) in [6, 6.07) is 20.9. The standard InChI is InChI=1S/C28H19BrClN3O5/c1-36-22-9-4-7-19-24(18-6-2-3-8-20(18)30)26(32-25(19)22)27(34)33-31-15-16-14-17(29)11-12-21(16)38-28(35)23-10-5-13-37-23/h2-15,32H,1H3,(H,33,34). The van der Waals surface area contributed by atoms with Crippen molar-refractivity contribution in [2.45, 2.75) is 0 Å². The van der Waals surface area contributed by atoms with Gasteiger partial charge in [-0.1, -0.05) is 57.9 Å². The van der Waals surface area contributed by atoms with Gasteiger partial charge in [-0.05, 0) is 42.5 Å². The second-order valence-corrected chi connectivity index (χ2v) is 9.31. The van der Waals surface area contributed by atoms with Gasteiger partial charge in [-0.25, -0.2) is 10.2 Å². The molecule has 0 atom stereocenters. The first kappa shape index (κ1) is 25.3. The second-order valence-electron chi connectivity index (χ2n) is 7.99. The van der Waals surface area contributed by atoms with Gasteiger partial charge in [-0.15, -0.1) is 0 Å². The number of hydrogen-bond donors (Lipinski definition) is 2. The highest BCUT2D eigenvalue weighted by molar-refractivity contribution is 9.10. The summed E-state index contributed by atoms with van der Waals surface area (Å²) in [5.74, 6) is -0.286. The van der Waals surface area contributed by atoms with E-state index in [-0.39, 0.29) is 17.2 Å². The average molecular weight is 593 g/mol. The largest absolute Gasteiger partial charge is 0.495 e. The molecule has 0 saturated carbocycles. The first-order chi connectivity index (χ1) is 18.5. The van der Waals surface area contributed by atoms with E-state index in [0.29, 0.717) is 33.0 Å². The highest BCUT2D eigenvalue weighted by atomic mass is 79.9. The van der Waals surface area contributed by atoms with E-state index in [2.05, 4.69) is 31.4 Å². The highest BCUT2D eigenvalue weighted by Crippen LogP contribution is 2.39. The minimum Gasteiger partial charge on any atom is -0.495 e. The Balaban J connectivity index is 1.46. The number of carbonyl (C=O) groups is 2. The fourth-order valence-corrected chi connectivity index (χ4v) is 4.56. The molecule has 5 aromatic rings. The molecule has 0 unspecified atom stereocenters. The number of halogens is 2. The van der Waals surface area contributed by atoms with Crippen LogP contribution in [0.15, 0.2) is 93.1 Å². The molecular formula is C28H19BrClN3O5. The average Bonchev–Trinajstić information content (AvgIpc) is 3.59. The smallest absolute Gasteiger partial charge is 0.379 e. The summed E-state index contributed by atoms with van der Waals surface area (Å²) in [5, 5.41) is 5.38. The Morgan fingerprint density at radius 3 is 2.66 bits per heavy atom. The van der Waals surface area contributed by atoms with Gasteiger partial charge in [0.1, 0.15) is 17.2 Å². The van der Waals surface area contributed by atoms with Crippen LogP contribution in [0.2, 0.25) is 5.02 Å². The Morgan fingerprint density at radius 1 is 1.05 bits per heavy atom. The van der Waals surface area contributed by atoms with Crippen molar-refractivity contribution in [2.75, 3.05) is 7.11 Å². The van der Waals surface area contributed by atoms with Crippen molar-refractivity contribution in [3.8, 4) is 22.6 Å². The number of methoxy groups -OCH3 is 1. The molecular weight excluding hydrogens is 574 g/mol. The fraction of sp³-hybridized carbons (Fsp3) is 0.0357. The molecule has 3 aromatic carbocycles. The molecule has 0 spiro atoms. The molecule has 0 saturated heterocycles. The van der Waals surface area contributed by atoms with E-state index in [4.69, 9.17) is 25.5 Å². The Hall–Kier alpha value is -4.34. The maximum atomic E-state index is 13.3. The van der Waals surface area contributed by atoms with Crippen LogP contribution in [0.5, 0.6) is 11.5 Å². The molecule has 0 radical (unpaired) electrons. The summed E-state index contributed by atoms with van der Waals surface area (Å²) >= 11 is 9.90. The molecule has 0 fully saturated rings. The normalized spacial score (nSPS) is 11.1. The topological polar surface area (TPSA) is 106 Å². The summed E-state index contributed by atoms with van der Waals surface area (Å²) in [4.78, 5) is 28.9. The van der Waals surface area contributed by atoms with Crippen molar-refractivity contribution >= 4 is 56.5 Å². The van der Waals surface area contributed by atoms with Crippen LogP contribution in [0.25, 0.3) is 22.0 Å². The lowest BCUT2D eigenvalue weighted by Gasteiger charge is -2.08. The minimum atomic E-state index is -0.660. The van der Waals surface area contributed by atoms with Gasteiger partial charge in [-0.3, -0.25) is 4.79 Å².